The van der Waals surface area contributed by atoms with Crippen LogP contribution in [0.4, 0.5) is 11.5 Å². The number of fused-ring (bicyclic) bond motifs is 3. The zero-order valence-electron chi connectivity index (χ0n) is 18.4. The molecule has 4 aromatic rings. The maximum atomic E-state index is 7.16. The minimum absolute atomic E-state index is 0.0786. The lowest BCUT2D eigenvalue weighted by Crippen LogP contribution is -2.40. The van der Waals surface area contributed by atoms with Crippen LogP contribution >= 0.6 is 0 Å². The van der Waals surface area contributed by atoms with Gasteiger partial charge in [-0.25, -0.2) is 14.8 Å². The van der Waals surface area contributed by atoms with Gasteiger partial charge in [0, 0.05) is 24.0 Å². The predicted octanol–water partition coefficient (Wildman–Crippen LogP) is 4.45. The third-order valence-electron chi connectivity index (χ3n) is 5.76. The molecule has 0 saturated carbocycles. The van der Waals surface area contributed by atoms with Crippen molar-refractivity contribution in [2.24, 2.45) is 0 Å². The molecule has 0 spiro atoms. The summed E-state index contributed by atoms with van der Waals surface area (Å²) in [6.45, 7) is 15.6. The Labute approximate surface area is 186 Å². The molecule has 160 valence electrons. The standard InChI is InChI=1S/C23H23N9/c1-6-18-22-29-28-15(4)32(22)19-13-26-23(27-21(19)31(18)14(2)3)30-12-11-25-20(30)16-7-9-17(24-5)10-8-16/h7-14,18H,6H2,1-4H3/t18-/m1/s1. The van der Waals surface area contributed by atoms with Gasteiger partial charge in [0.05, 0.1) is 18.8 Å². The van der Waals surface area contributed by atoms with E-state index in [1.807, 2.05) is 36.0 Å². The molecule has 1 aromatic carbocycles. The number of hydrogen-bond acceptors (Lipinski definition) is 6. The lowest BCUT2D eigenvalue weighted by molar-refractivity contribution is 0.496. The number of rotatable bonds is 4. The Morgan fingerprint density at radius 3 is 2.59 bits per heavy atom. The topological polar surface area (TPSA) is 81.9 Å². The van der Waals surface area contributed by atoms with Crippen LogP contribution in [0.1, 0.15) is 44.9 Å². The first-order chi connectivity index (χ1) is 15.5. The summed E-state index contributed by atoms with van der Waals surface area (Å²) in [6.07, 6.45) is 6.32. The van der Waals surface area contributed by atoms with E-state index in [0.29, 0.717) is 11.6 Å². The predicted molar refractivity (Wildman–Crippen MR) is 121 cm³/mol. The van der Waals surface area contributed by atoms with Crippen molar-refractivity contribution >= 4 is 11.5 Å². The van der Waals surface area contributed by atoms with Gasteiger partial charge in [0.25, 0.3) is 0 Å². The molecule has 0 fully saturated rings. The third-order valence-corrected chi connectivity index (χ3v) is 5.76. The minimum atomic E-state index is 0.0786. The number of hydrogen-bond donors (Lipinski definition) is 0. The zero-order valence-corrected chi connectivity index (χ0v) is 18.4. The Kier molecular flexibility index (Phi) is 4.70. The summed E-state index contributed by atoms with van der Waals surface area (Å²) in [6, 6.07) is 7.66. The highest BCUT2D eigenvalue weighted by molar-refractivity contribution is 5.65. The molecule has 1 aliphatic heterocycles. The largest absolute Gasteiger partial charge is 0.342 e. The van der Waals surface area contributed by atoms with E-state index >= 15 is 0 Å². The van der Waals surface area contributed by atoms with Crippen molar-refractivity contribution < 1.29 is 0 Å². The summed E-state index contributed by atoms with van der Waals surface area (Å²) in [5.74, 6) is 3.87. The summed E-state index contributed by atoms with van der Waals surface area (Å²) in [5.41, 5.74) is 2.37. The highest BCUT2D eigenvalue weighted by atomic mass is 15.4. The van der Waals surface area contributed by atoms with Gasteiger partial charge in [-0.05, 0) is 27.2 Å². The first kappa shape index (κ1) is 19.9. The Hall–Kier alpha value is -4.06. The Morgan fingerprint density at radius 2 is 1.91 bits per heavy atom. The van der Waals surface area contributed by atoms with E-state index in [1.165, 1.54) is 0 Å². The molecule has 0 unspecified atom stereocenters. The molecule has 32 heavy (non-hydrogen) atoms. The van der Waals surface area contributed by atoms with Crippen molar-refractivity contribution in [1.29, 1.82) is 0 Å². The van der Waals surface area contributed by atoms with Gasteiger partial charge in [0.1, 0.15) is 17.3 Å². The number of imidazole rings is 1. The number of nitrogens with zero attached hydrogens (tertiary/aromatic N) is 9. The molecular formula is C23H23N9. The molecule has 0 radical (unpaired) electrons. The van der Waals surface area contributed by atoms with Gasteiger partial charge in [0.2, 0.25) is 5.95 Å². The van der Waals surface area contributed by atoms with E-state index in [-0.39, 0.29) is 12.1 Å². The fourth-order valence-electron chi connectivity index (χ4n) is 4.33. The average Bonchev–Trinajstić information content (AvgIpc) is 3.45. The Balaban J connectivity index is 1.66. The van der Waals surface area contributed by atoms with E-state index in [4.69, 9.17) is 11.6 Å². The zero-order chi connectivity index (χ0) is 22.4. The molecule has 9 nitrogen and oxygen atoms in total. The van der Waals surface area contributed by atoms with E-state index in [2.05, 4.69) is 55.2 Å². The molecule has 4 heterocycles. The van der Waals surface area contributed by atoms with Gasteiger partial charge in [-0.2, -0.15) is 4.98 Å². The van der Waals surface area contributed by atoms with Crippen molar-refractivity contribution in [3.05, 3.63) is 65.9 Å². The van der Waals surface area contributed by atoms with Gasteiger partial charge in [-0.3, -0.25) is 9.13 Å². The molecule has 5 rings (SSSR count). The second-order valence-corrected chi connectivity index (χ2v) is 8.02. The van der Waals surface area contributed by atoms with Crippen LogP contribution in [0.25, 0.3) is 27.9 Å². The summed E-state index contributed by atoms with van der Waals surface area (Å²) in [5, 5.41) is 8.78. The van der Waals surface area contributed by atoms with Crippen molar-refractivity contribution in [3.8, 4) is 23.0 Å². The van der Waals surface area contributed by atoms with Crippen LogP contribution < -0.4 is 4.90 Å². The quantitative estimate of drug-likeness (QED) is 0.449. The second kappa shape index (κ2) is 7.57. The van der Waals surface area contributed by atoms with Crippen LogP contribution in [0.5, 0.6) is 0 Å². The maximum absolute atomic E-state index is 7.16. The van der Waals surface area contributed by atoms with Gasteiger partial charge in [0.15, 0.2) is 17.3 Å². The fourth-order valence-corrected chi connectivity index (χ4v) is 4.33. The van der Waals surface area contributed by atoms with Crippen LogP contribution in [0.2, 0.25) is 0 Å². The molecule has 9 heteroatoms. The van der Waals surface area contributed by atoms with Crippen molar-refractivity contribution in [3.63, 3.8) is 0 Å². The van der Waals surface area contributed by atoms with Crippen molar-refractivity contribution in [2.75, 3.05) is 4.90 Å². The van der Waals surface area contributed by atoms with Gasteiger partial charge in [-0.15, -0.1) is 10.2 Å². The number of benzene rings is 1. The SMILES string of the molecule is [C-]#[N+]c1ccc(-c2nccn2-c2ncc3c(n2)N(C(C)C)[C@H](CC)c2nnc(C)n2-3)cc1. The van der Waals surface area contributed by atoms with Crippen LogP contribution in [0.3, 0.4) is 0 Å². The summed E-state index contributed by atoms with van der Waals surface area (Å²) in [7, 11) is 0. The highest BCUT2D eigenvalue weighted by Crippen LogP contribution is 2.40. The highest BCUT2D eigenvalue weighted by Gasteiger charge is 2.36. The van der Waals surface area contributed by atoms with Crippen LogP contribution in [0.15, 0.2) is 42.9 Å². The van der Waals surface area contributed by atoms with Gasteiger partial charge < -0.3 is 4.90 Å². The first-order valence-corrected chi connectivity index (χ1v) is 10.6. The minimum Gasteiger partial charge on any atom is -0.342 e. The van der Waals surface area contributed by atoms with E-state index in [9.17, 15) is 0 Å². The lowest BCUT2D eigenvalue weighted by atomic mass is 10.1. The van der Waals surface area contributed by atoms with E-state index < -0.39 is 0 Å². The molecule has 0 N–H and O–H groups in total. The fraction of sp³-hybridized carbons (Fsp3) is 0.304. The summed E-state index contributed by atoms with van der Waals surface area (Å²) < 4.78 is 3.94. The summed E-state index contributed by atoms with van der Waals surface area (Å²) in [4.78, 5) is 20.0. The molecule has 0 amide bonds. The van der Waals surface area contributed by atoms with Crippen LogP contribution in [-0.2, 0) is 0 Å². The lowest BCUT2D eigenvalue weighted by Gasteiger charge is -2.39. The molecule has 3 aromatic heterocycles. The van der Waals surface area contributed by atoms with Crippen molar-refractivity contribution in [2.45, 2.75) is 46.2 Å². The van der Waals surface area contributed by atoms with E-state index in [1.54, 1.807) is 18.3 Å². The van der Waals surface area contributed by atoms with Gasteiger partial charge in [-0.1, -0.05) is 31.2 Å². The molecule has 1 atom stereocenters. The average molecular weight is 426 g/mol. The maximum Gasteiger partial charge on any atom is 0.237 e. The van der Waals surface area contributed by atoms with Gasteiger partial charge >= 0.3 is 0 Å². The molecule has 0 saturated heterocycles. The van der Waals surface area contributed by atoms with E-state index in [0.717, 1.165) is 41.0 Å². The Morgan fingerprint density at radius 1 is 1.12 bits per heavy atom. The third kappa shape index (κ3) is 2.95. The summed E-state index contributed by atoms with van der Waals surface area (Å²) >= 11 is 0. The number of anilines is 1. The number of aromatic nitrogens is 7. The molecule has 1 aliphatic rings. The molecular weight excluding hydrogens is 402 g/mol. The normalized spacial score (nSPS) is 14.9. The van der Waals surface area contributed by atoms with Crippen LogP contribution in [-0.4, -0.2) is 40.3 Å². The Bertz CT molecular complexity index is 1320. The molecule has 0 aliphatic carbocycles. The second-order valence-electron chi connectivity index (χ2n) is 8.02. The first-order valence-electron chi connectivity index (χ1n) is 10.6. The van der Waals surface area contributed by atoms with Crippen molar-refractivity contribution in [1.82, 2.24) is 34.3 Å². The monoisotopic (exact) mass is 425 g/mol. The number of aryl methyl sites for hydroxylation is 1. The van der Waals surface area contributed by atoms with Crippen LogP contribution in [0, 0.1) is 13.5 Å². The smallest absolute Gasteiger partial charge is 0.237 e. The molecule has 0 bridgehead atoms.